The molecule has 1 unspecified atom stereocenters. The molecule has 0 aromatic heterocycles. The molecule has 1 aliphatic carbocycles. The Morgan fingerprint density at radius 3 is 1.56 bits per heavy atom. The summed E-state index contributed by atoms with van der Waals surface area (Å²) >= 11 is 0. The molecular formula is C43H38N2. The van der Waals surface area contributed by atoms with Crippen molar-refractivity contribution in [3.63, 3.8) is 0 Å². The number of allylic oxidation sites excluding steroid dienone is 4. The molecule has 5 aromatic carbocycles. The second-order valence-electron chi connectivity index (χ2n) is 13.4. The van der Waals surface area contributed by atoms with Crippen molar-refractivity contribution >= 4 is 34.0 Å². The van der Waals surface area contributed by atoms with Crippen LogP contribution in [0.3, 0.4) is 0 Å². The molecule has 0 saturated heterocycles. The average molecular weight is 583 g/mol. The van der Waals surface area contributed by atoms with Gasteiger partial charge in [-0.05, 0) is 69.8 Å². The van der Waals surface area contributed by atoms with Gasteiger partial charge in [-0.3, -0.25) is 0 Å². The summed E-state index contributed by atoms with van der Waals surface area (Å²) in [6.07, 6.45) is 11.4. The summed E-state index contributed by atoms with van der Waals surface area (Å²) in [6, 6.07) is 44.6. The molecule has 0 saturated carbocycles. The van der Waals surface area contributed by atoms with Crippen molar-refractivity contribution in [2.24, 2.45) is 0 Å². The highest BCUT2D eigenvalue weighted by molar-refractivity contribution is 5.88. The van der Waals surface area contributed by atoms with Gasteiger partial charge in [-0.15, -0.1) is 0 Å². The molecule has 2 heterocycles. The Hall–Kier alpha value is -5.08. The zero-order valence-electron chi connectivity index (χ0n) is 26.4. The van der Waals surface area contributed by atoms with E-state index in [1.165, 1.54) is 61.8 Å². The van der Waals surface area contributed by atoms with Gasteiger partial charge in [-0.25, -0.2) is 0 Å². The first-order valence-corrected chi connectivity index (χ1v) is 16.0. The molecular weight excluding hydrogens is 544 g/mol. The zero-order valence-corrected chi connectivity index (χ0v) is 26.4. The Labute approximate surface area is 267 Å². The smallest absolute Gasteiger partial charge is 0.0718 e. The van der Waals surface area contributed by atoms with E-state index >= 15 is 0 Å². The Morgan fingerprint density at radius 1 is 0.511 bits per heavy atom. The van der Waals surface area contributed by atoms with E-state index < -0.39 is 0 Å². The molecule has 220 valence electrons. The highest BCUT2D eigenvalue weighted by Gasteiger charge is 2.38. The summed E-state index contributed by atoms with van der Waals surface area (Å²) in [5, 5.41) is 0. The normalized spacial score (nSPS) is 18.7. The molecule has 0 radical (unpaired) electrons. The fraction of sp³-hybridized carbons (Fsp3) is 0.163. The lowest BCUT2D eigenvalue weighted by Crippen LogP contribution is -2.37. The Kier molecular flexibility index (Phi) is 6.25. The molecule has 0 fully saturated rings. The predicted molar refractivity (Wildman–Crippen MR) is 190 cm³/mol. The highest BCUT2D eigenvalue weighted by Crippen LogP contribution is 2.52. The summed E-state index contributed by atoms with van der Waals surface area (Å²) in [5.41, 5.74) is 13.9. The van der Waals surface area contributed by atoms with Crippen molar-refractivity contribution in [1.82, 2.24) is 0 Å². The topological polar surface area (TPSA) is 6.48 Å². The molecule has 0 spiro atoms. The molecule has 3 aliphatic rings. The van der Waals surface area contributed by atoms with Gasteiger partial charge in [0.05, 0.1) is 17.4 Å². The molecule has 0 N–H and O–H groups in total. The maximum absolute atomic E-state index is 2.52. The molecule has 0 amide bonds. The minimum atomic E-state index is -0.0810. The zero-order chi connectivity index (χ0) is 30.8. The van der Waals surface area contributed by atoms with Crippen molar-refractivity contribution in [3.05, 3.63) is 180 Å². The van der Waals surface area contributed by atoms with Crippen molar-refractivity contribution in [3.8, 4) is 0 Å². The van der Waals surface area contributed by atoms with Crippen LogP contribution in [0.4, 0.5) is 28.4 Å². The molecule has 45 heavy (non-hydrogen) atoms. The number of anilines is 5. The number of benzene rings is 5. The molecule has 1 atom stereocenters. The first kappa shape index (κ1) is 27.5. The van der Waals surface area contributed by atoms with E-state index in [1.807, 2.05) is 0 Å². The van der Waals surface area contributed by atoms with E-state index in [2.05, 4.69) is 189 Å². The third kappa shape index (κ3) is 4.24. The van der Waals surface area contributed by atoms with E-state index in [1.54, 1.807) is 0 Å². The monoisotopic (exact) mass is 582 g/mol. The van der Waals surface area contributed by atoms with E-state index in [4.69, 9.17) is 0 Å². The predicted octanol–water partition coefficient (Wildman–Crippen LogP) is 11.2. The largest absolute Gasteiger partial charge is 0.330 e. The van der Waals surface area contributed by atoms with E-state index in [0.29, 0.717) is 0 Å². The second kappa shape index (κ2) is 10.2. The Bertz CT molecular complexity index is 1940. The Morgan fingerprint density at radius 2 is 1.00 bits per heavy atom. The van der Waals surface area contributed by atoms with Crippen molar-refractivity contribution in [2.75, 3.05) is 9.80 Å². The summed E-state index contributed by atoms with van der Waals surface area (Å²) < 4.78 is 0. The molecule has 2 nitrogen and oxygen atoms in total. The van der Waals surface area contributed by atoms with Crippen LogP contribution in [-0.4, -0.2) is 6.04 Å². The van der Waals surface area contributed by atoms with Gasteiger partial charge < -0.3 is 9.80 Å². The van der Waals surface area contributed by atoms with Gasteiger partial charge in [-0.1, -0.05) is 143 Å². The molecule has 8 rings (SSSR count). The quantitative estimate of drug-likeness (QED) is 0.209. The van der Waals surface area contributed by atoms with Crippen LogP contribution < -0.4 is 9.80 Å². The third-order valence-corrected chi connectivity index (χ3v) is 10.1. The standard InChI is InChI=1S/C43H38N2/c1-42(2)34-20-7-11-24-38(34)44(39-25-12-8-21-35(39)42)32-18-6-5-16-30(28-32)31-17-15-19-33(29-31)45-40-26-13-9-22-36(40)43(3,4)37-23-10-14-27-41(37)45/h5-29,32H,1-4H3. The third-order valence-electron chi connectivity index (χ3n) is 10.1. The average Bonchev–Trinajstić information content (AvgIpc) is 3.32. The lowest BCUT2D eigenvalue weighted by molar-refractivity contribution is 0.622. The fourth-order valence-electron chi connectivity index (χ4n) is 7.78. The van der Waals surface area contributed by atoms with Gasteiger partial charge >= 0.3 is 0 Å². The summed E-state index contributed by atoms with van der Waals surface area (Å²) in [5.74, 6) is 0. The van der Waals surface area contributed by atoms with Crippen molar-refractivity contribution in [2.45, 2.75) is 44.6 Å². The van der Waals surface area contributed by atoms with E-state index in [9.17, 15) is 0 Å². The molecule has 5 aromatic rings. The van der Waals surface area contributed by atoms with Gasteiger partial charge in [-0.2, -0.15) is 0 Å². The van der Waals surface area contributed by atoms with E-state index in [-0.39, 0.29) is 16.9 Å². The van der Waals surface area contributed by atoms with Crippen molar-refractivity contribution < 1.29 is 0 Å². The first-order chi connectivity index (χ1) is 21.9. The molecule has 0 bridgehead atoms. The van der Waals surface area contributed by atoms with Gasteiger partial charge in [0.1, 0.15) is 0 Å². The van der Waals surface area contributed by atoms with Gasteiger partial charge in [0, 0.05) is 27.9 Å². The lowest BCUT2D eigenvalue weighted by Gasteiger charge is -2.44. The van der Waals surface area contributed by atoms with Crippen LogP contribution >= 0.6 is 0 Å². The summed E-state index contributed by atoms with van der Waals surface area (Å²) in [4.78, 5) is 4.96. The SMILES string of the molecule is CC1(C)c2ccccc2N(c2cccc(C3=CC(N4c5ccccc5C(C)(C)c5ccccc54)C=CC=C3)c2)c2ccccc21. The van der Waals surface area contributed by atoms with Crippen LogP contribution in [0.25, 0.3) is 5.57 Å². The maximum Gasteiger partial charge on any atom is 0.0718 e. The minimum absolute atomic E-state index is 0.0503. The maximum atomic E-state index is 2.52. The second-order valence-corrected chi connectivity index (χ2v) is 13.4. The van der Waals surface area contributed by atoms with Crippen molar-refractivity contribution in [1.29, 1.82) is 0 Å². The van der Waals surface area contributed by atoms with Crippen LogP contribution in [0.2, 0.25) is 0 Å². The number of fused-ring (bicyclic) bond motifs is 4. The van der Waals surface area contributed by atoms with Gasteiger partial charge in [0.15, 0.2) is 0 Å². The van der Waals surface area contributed by atoms with E-state index in [0.717, 1.165) is 0 Å². The molecule has 2 aliphatic heterocycles. The summed E-state index contributed by atoms with van der Waals surface area (Å²) in [6.45, 7) is 9.37. The van der Waals surface area contributed by atoms with Crippen LogP contribution in [0.1, 0.15) is 55.5 Å². The van der Waals surface area contributed by atoms with Crippen LogP contribution in [0.15, 0.2) is 152 Å². The molecule has 2 heteroatoms. The van der Waals surface area contributed by atoms with Crippen LogP contribution in [0, 0.1) is 0 Å². The number of rotatable bonds is 3. The van der Waals surface area contributed by atoms with Gasteiger partial charge in [0.25, 0.3) is 0 Å². The first-order valence-electron chi connectivity index (χ1n) is 16.0. The van der Waals surface area contributed by atoms with Crippen LogP contribution in [-0.2, 0) is 10.8 Å². The number of para-hydroxylation sites is 4. The Balaban J connectivity index is 1.25. The fourth-order valence-corrected chi connectivity index (χ4v) is 7.78. The van der Waals surface area contributed by atoms with Crippen LogP contribution in [0.5, 0.6) is 0 Å². The van der Waals surface area contributed by atoms with Gasteiger partial charge in [0.2, 0.25) is 0 Å². The number of hydrogen-bond donors (Lipinski definition) is 0. The summed E-state index contributed by atoms with van der Waals surface area (Å²) in [7, 11) is 0. The lowest BCUT2D eigenvalue weighted by atomic mass is 9.73. The number of nitrogens with zero attached hydrogens (tertiary/aromatic N) is 2. The minimum Gasteiger partial charge on any atom is -0.330 e. The highest BCUT2D eigenvalue weighted by atomic mass is 15.2. The number of hydrogen-bond acceptors (Lipinski definition) is 2.